The summed E-state index contributed by atoms with van der Waals surface area (Å²) in [5, 5.41) is 25.0. The Hall–Kier alpha value is -2.32. The summed E-state index contributed by atoms with van der Waals surface area (Å²) in [6.07, 6.45) is 10.7. The number of nitriles is 1. The number of rotatable bonds is 18. The van der Waals surface area contributed by atoms with E-state index in [0.717, 1.165) is 44.9 Å². The smallest absolute Gasteiger partial charge is 0.404 e. The van der Waals surface area contributed by atoms with E-state index in [1.165, 1.54) is 6.42 Å². The van der Waals surface area contributed by atoms with Gasteiger partial charge in [0.1, 0.15) is 6.04 Å². The zero-order chi connectivity index (χ0) is 30.9. The molecule has 0 spiro atoms. The van der Waals surface area contributed by atoms with Gasteiger partial charge in [0.05, 0.1) is 23.7 Å². The molecule has 1 heterocycles. The average molecular weight is 587 g/mol. The molecule has 6 atom stereocenters. The Morgan fingerprint density at radius 3 is 2.40 bits per heavy atom. The number of hydrogen-bond acceptors (Lipinski definition) is 6. The molecule has 4 fully saturated rings. The number of nitrogens with two attached hydrogens (primary N) is 1. The van der Waals surface area contributed by atoms with Crippen LogP contribution in [0, 0.1) is 39.9 Å². The standard InChI is InChI=1S/C31H55BN6O4/c1-21(2)18-26(32-41-25-20-22-19-24(30(22,3)4)31(25,5)42-32)38-28(40)23(14-13-17-36-29(34)35)37-27(39)15-11-9-7-6-8-10-12-16-33/h21-26H,6-15,17-20H2,1-5H3,(H,37,39)(H,38,40)(H4,34,35,36)/t22-,23-,24-,25+,26-,31-/m0/s1. The summed E-state index contributed by atoms with van der Waals surface area (Å²) < 4.78 is 13.2. The highest BCUT2D eigenvalue weighted by atomic mass is 16.7. The zero-order valence-electron chi connectivity index (χ0n) is 26.6. The molecule has 4 rings (SSSR count). The van der Waals surface area contributed by atoms with Crippen LogP contribution in [-0.4, -0.2) is 55.1 Å². The highest BCUT2D eigenvalue weighted by Gasteiger charge is 2.68. The van der Waals surface area contributed by atoms with Gasteiger partial charge < -0.3 is 31.0 Å². The first kappa shape index (κ1) is 34.2. The maximum atomic E-state index is 13.7. The van der Waals surface area contributed by atoms with Gasteiger partial charge in [-0.25, -0.2) is 0 Å². The summed E-state index contributed by atoms with van der Waals surface area (Å²) in [4.78, 5) is 26.5. The van der Waals surface area contributed by atoms with E-state index in [4.69, 9.17) is 25.7 Å². The van der Waals surface area contributed by atoms with Crippen molar-refractivity contribution in [2.45, 2.75) is 142 Å². The maximum Gasteiger partial charge on any atom is 0.481 e. The van der Waals surface area contributed by atoms with E-state index >= 15 is 0 Å². The molecule has 2 bridgehead atoms. The Bertz CT molecular complexity index is 972. The molecule has 0 radical (unpaired) electrons. The van der Waals surface area contributed by atoms with Crippen LogP contribution in [0.15, 0.2) is 0 Å². The fourth-order valence-corrected chi connectivity index (χ4v) is 7.36. The number of carbonyl (C=O) groups is 2. The fourth-order valence-electron chi connectivity index (χ4n) is 7.36. The first-order valence-corrected chi connectivity index (χ1v) is 16.3. The van der Waals surface area contributed by atoms with Gasteiger partial charge in [-0.2, -0.15) is 5.26 Å². The van der Waals surface area contributed by atoms with Crippen molar-refractivity contribution in [1.29, 1.82) is 10.7 Å². The number of carbonyl (C=O) groups excluding carboxylic acids is 2. The van der Waals surface area contributed by atoms with Crippen LogP contribution in [0.4, 0.5) is 0 Å². The Morgan fingerprint density at radius 2 is 1.76 bits per heavy atom. The third kappa shape index (κ3) is 8.85. The molecule has 1 saturated heterocycles. The number of hydrogen-bond donors (Lipinski definition) is 5. The minimum absolute atomic E-state index is 0.0327. The first-order valence-electron chi connectivity index (χ1n) is 16.3. The lowest BCUT2D eigenvalue weighted by atomic mass is 9.43. The van der Waals surface area contributed by atoms with Crippen molar-refractivity contribution in [3.05, 3.63) is 0 Å². The fraction of sp³-hybridized carbons (Fsp3) is 0.871. The van der Waals surface area contributed by atoms with Gasteiger partial charge in [0.25, 0.3) is 0 Å². The van der Waals surface area contributed by atoms with Gasteiger partial charge in [0, 0.05) is 19.4 Å². The van der Waals surface area contributed by atoms with Crippen LogP contribution in [0.25, 0.3) is 0 Å². The van der Waals surface area contributed by atoms with Crippen LogP contribution in [0.2, 0.25) is 0 Å². The summed E-state index contributed by atoms with van der Waals surface area (Å²) in [5.74, 6) is 0.600. The van der Waals surface area contributed by atoms with Crippen LogP contribution in [0.3, 0.4) is 0 Å². The van der Waals surface area contributed by atoms with E-state index in [1.807, 2.05) is 0 Å². The molecule has 10 nitrogen and oxygen atoms in total. The number of unbranched alkanes of at least 4 members (excludes halogenated alkanes) is 6. The highest BCUT2D eigenvalue weighted by Crippen LogP contribution is 2.65. The summed E-state index contributed by atoms with van der Waals surface area (Å²) in [6.45, 7) is 11.6. The monoisotopic (exact) mass is 586 g/mol. The lowest BCUT2D eigenvalue weighted by molar-refractivity contribution is -0.199. The predicted octanol–water partition coefficient (Wildman–Crippen LogP) is 4.18. The van der Waals surface area contributed by atoms with Crippen LogP contribution < -0.4 is 21.7 Å². The Kier molecular flexibility index (Phi) is 12.6. The molecule has 0 aromatic rings. The first-order chi connectivity index (χ1) is 19.9. The van der Waals surface area contributed by atoms with Gasteiger partial charge in [0.2, 0.25) is 11.8 Å². The van der Waals surface area contributed by atoms with Gasteiger partial charge in [-0.1, -0.05) is 53.4 Å². The van der Waals surface area contributed by atoms with Gasteiger partial charge >= 0.3 is 7.12 Å². The van der Waals surface area contributed by atoms with Crippen molar-refractivity contribution >= 4 is 24.9 Å². The number of nitrogens with zero attached hydrogens (tertiary/aromatic N) is 1. The van der Waals surface area contributed by atoms with Crippen molar-refractivity contribution < 1.29 is 18.9 Å². The number of nitrogens with one attached hydrogen (secondary N) is 4. The SMILES string of the molecule is CC(C)C[C@H](NC(=O)[C@H](CCCNC(=N)N)NC(=O)CCCCCCCCC#N)B1O[C@@H]2C[C@@H]3C[C@@H](C3(C)C)[C@]2(C)O1. The minimum atomic E-state index is -0.696. The topological polar surface area (TPSA) is 162 Å². The molecule has 236 valence electrons. The lowest BCUT2D eigenvalue weighted by Gasteiger charge is -2.64. The van der Waals surface area contributed by atoms with Crippen LogP contribution >= 0.6 is 0 Å². The molecule has 11 heteroatoms. The molecule has 4 aliphatic rings. The Morgan fingerprint density at radius 1 is 1.07 bits per heavy atom. The molecule has 0 aromatic heterocycles. The molecule has 2 amide bonds. The summed E-state index contributed by atoms with van der Waals surface area (Å²) >= 11 is 0. The summed E-state index contributed by atoms with van der Waals surface area (Å²) in [7, 11) is -0.523. The molecular weight excluding hydrogens is 531 g/mol. The summed E-state index contributed by atoms with van der Waals surface area (Å²) in [6, 6.07) is 1.48. The largest absolute Gasteiger partial charge is 0.481 e. The van der Waals surface area contributed by atoms with E-state index < -0.39 is 13.2 Å². The van der Waals surface area contributed by atoms with Crippen LogP contribution in [0.5, 0.6) is 0 Å². The second-order valence-electron chi connectivity index (χ2n) is 14.0. The lowest BCUT2D eigenvalue weighted by Crippen LogP contribution is -2.65. The van der Waals surface area contributed by atoms with Crippen molar-refractivity contribution in [3.63, 3.8) is 0 Å². The van der Waals surface area contributed by atoms with Gasteiger partial charge in [-0.3, -0.25) is 15.0 Å². The van der Waals surface area contributed by atoms with E-state index in [9.17, 15) is 9.59 Å². The third-order valence-electron chi connectivity index (χ3n) is 9.93. The summed E-state index contributed by atoms with van der Waals surface area (Å²) in [5.41, 5.74) is 5.30. The van der Waals surface area contributed by atoms with Crippen molar-refractivity contribution in [3.8, 4) is 6.07 Å². The zero-order valence-corrected chi connectivity index (χ0v) is 26.6. The molecule has 0 aromatic carbocycles. The van der Waals surface area contributed by atoms with E-state index in [1.54, 1.807) is 0 Å². The molecule has 1 aliphatic heterocycles. The van der Waals surface area contributed by atoms with E-state index in [2.05, 4.69) is 56.6 Å². The maximum absolute atomic E-state index is 13.7. The minimum Gasteiger partial charge on any atom is -0.404 e. The molecular formula is C31H55BN6O4. The van der Waals surface area contributed by atoms with Crippen LogP contribution in [0.1, 0.15) is 118 Å². The van der Waals surface area contributed by atoms with Crippen molar-refractivity contribution in [2.75, 3.05) is 6.54 Å². The van der Waals surface area contributed by atoms with E-state index in [0.29, 0.717) is 56.4 Å². The van der Waals surface area contributed by atoms with Gasteiger partial charge in [0.15, 0.2) is 5.96 Å². The highest BCUT2D eigenvalue weighted by molar-refractivity contribution is 6.48. The molecule has 3 saturated carbocycles. The normalized spacial score (nSPS) is 26.9. The molecule has 3 aliphatic carbocycles. The average Bonchev–Trinajstić information content (AvgIpc) is 3.28. The Labute approximate surface area is 253 Å². The number of guanidine groups is 1. The number of amides is 2. The second kappa shape index (κ2) is 15.4. The van der Waals surface area contributed by atoms with Crippen molar-refractivity contribution in [2.24, 2.45) is 28.9 Å². The van der Waals surface area contributed by atoms with Crippen LogP contribution in [-0.2, 0) is 18.9 Å². The molecule has 0 unspecified atom stereocenters. The van der Waals surface area contributed by atoms with Gasteiger partial charge in [-0.05, 0) is 75.0 Å². The second-order valence-corrected chi connectivity index (χ2v) is 14.0. The molecule has 6 N–H and O–H groups in total. The van der Waals surface area contributed by atoms with E-state index in [-0.39, 0.29) is 40.8 Å². The quantitative estimate of drug-likeness (QED) is 0.0696. The third-order valence-corrected chi connectivity index (χ3v) is 9.93. The van der Waals surface area contributed by atoms with Gasteiger partial charge in [-0.15, -0.1) is 0 Å². The predicted molar refractivity (Wildman–Crippen MR) is 165 cm³/mol. The molecule has 42 heavy (non-hydrogen) atoms. The Balaban J connectivity index is 1.58. The van der Waals surface area contributed by atoms with Crippen molar-refractivity contribution in [1.82, 2.24) is 16.0 Å².